The van der Waals surface area contributed by atoms with Gasteiger partial charge in [0, 0.05) is 16.6 Å². The summed E-state index contributed by atoms with van der Waals surface area (Å²) in [6.45, 7) is 5.35. The fraction of sp³-hybridized carbons (Fsp3) is 0.429. The van der Waals surface area contributed by atoms with Gasteiger partial charge in [-0.05, 0) is 32.8 Å². The van der Waals surface area contributed by atoms with Crippen molar-refractivity contribution in [1.82, 2.24) is 20.2 Å². The number of carboxylic acid groups (broad SMARTS) is 1. The Labute approximate surface area is 189 Å². The summed E-state index contributed by atoms with van der Waals surface area (Å²) in [6, 6.07) is 7.15. The number of imidazole rings is 1. The summed E-state index contributed by atoms with van der Waals surface area (Å²) in [5, 5.41) is 25.5. The Hall–Kier alpha value is -3.05. The van der Waals surface area contributed by atoms with Crippen LogP contribution in [0.1, 0.15) is 25.1 Å². The van der Waals surface area contributed by atoms with Crippen molar-refractivity contribution in [3.8, 4) is 0 Å². The molecule has 32 heavy (non-hydrogen) atoms. The number of hydrogen-bond donors (Lipinski definition) is 5. The molecule has 1 saturated heterocycles. The lowest BCUT2D eigenvalue weighted by atomic mass is 9.97. The average Bonchev–Trinajstić information content (AvgIpc) is 3.29. The molecule has 172 valence electrons. The quantitative estimate of drug-likeness (QED) is 0.420. The number of rotatable bonds is 7. The van der Waals surface area contributed by atoms with Crippen molar-refractivity contribution in [3.63, 3.8) is 0 Å². The first-order valence-corrected chi connectivity index (χ1v) is 11.1. The number of aliphatic hydroxyl groups excluding tert-OH is 1. The van der Waals surface area contributed by atoms with Gasteiger partial charge in [0.2, 0.25) is 11.9 Å². The highest BCUT2D eigenvalue weighted by Gasteiger charge is 2.49. The topological polar surface area (TPSA) is 148 Å². The van der Waals surface area contributed by atoms with E-state index < -0.39 is 40.8 Å². The maximum atomic E-state index is 13.2. The molecule has 10 nitrogen and oxygen atoms in total. The highest BCUT2D eigenvalue weighted by molar-refractivity contribution is 8.00. The van der Waals surface area contributed by atoms with Gasteiger partial charge >= 0.3 is 6.09 Å². The van der Waals surface area contributed by atoms with E-state index in [1.165, 1.54) is 18.0 Å². The van der Waals surface area contributed by atoms with Crippen LogP contribution in [0.2, 0.25) is 0 Å². The Balaban J connectivity index is 1.81. The number of aryl methyl sites for hydroxylation is 1. The van der Waals surface area contributed by atoms with Crippen LogP contribution < -0.4 is 10.6 Å². The van der Waals surface area contributed by atoms with Crippen molar-refractivity contribution in [2.24, 2.45) is 0 Å². The minimum atomic E-state index is -1.60. The second-order valence-electron chi connectivity index (χ2n) is 8.19. The highest BCUT2D eigenvalue weighted by atomic mass is 32.2. The smallest absolute Gasteiger partial charge is 0.408 e. The monoisotopic (exact) mass is 461 g/mol. The van der Waals surface area contributed by atoms with E-state index in [9.17, 15) is 24.6 Å². The molecule has 1 aliphatic heterocycles. The molecule has 1 aromatic heterocycles. The number of aromatic nitrogens is 2. The summed E-state index contributed by atoms with van der Waals surface area (Å²) in [5.74, 6) is -0.966. The molecular weight excluding hydrogens is 434 g/mol. The number of nitrogens with zero attached hydrogens (tertiary/aromatic N) is 2. The van der Waals surface area contributed by atoms with E-state index >= 15 is 0 Å². The number of thioether (sulfide) groups is 1. The van der Waals surface area contributed by atoms with Gasteiger partial charge in [-0.25, -0.2) is 9.78 Å². The summed E-state index contributed by atoms with van der Waals surface area (Å²) < 4.78 is -0.668. The van der Waals surface area contributed by atoms with Gasteiger partial charge in [-0.2, -0.15) is 0 Å². The van der Waals surface area contributed by atoms with Crippen LogP contribution in [0.25, 0.3) is 0 Å². The third kappa shape index (κ3) is 5.40. The van der Waals surface area contributed by atoms with E-state index in [1.807, 2.05) is 30.3 Å². The minimum absolute atomic E-state index is 0.157. The zero-order valence-electron chi connectivity index (χ0n) is 18.0. The molecule has 1 fully saturated rings. The molecule has 0 radical (unpaired) electrons. The number of hydrogen-bond acceptors (Lipinski definition) is 6. The Bertz CT molecular complexity index is 980. The fourth-order valence-electron chi connectivity index (χ4n) is 3.61. The molecule has 11 heteroatoms. The summed E-state index contributed by atoms with van der Waals surface area (Å²) in [6.07, 6.45) is -1.09. The number of H-pyrrole nitrogens is 1. The van der Waals surface area contributed by atoms with Crippen LogP contribution in [0.5, 0.6) is 0 Å². The Morgan fingerprint density at radius 3 is 2.59 bits per heavy atom. The Morgan fingerprint density at radius 2 is 2.00 bits per heavy atom. The highest BCUT2D eigenvalue weighted by Crippen LogP contribution is 2.39. The molecule has 1 aliphatic rings. The van der Waals surface area contributed by atoms with Crippen LogP contribution in [-0.2, 0) is 16.0 Å². The van der Waals surface area contributed by atoms with Crippen molar-refractivity contribution in [1.29, 1.82) is 0 Å². The molecule has 1 aromatic carbocycles. The number of anilines is 1. The molecule has 0 spiro atoms. The van der Waals surface area contributed by atoms with E-state index in [1.54, 1.807) is 20.8 Å². The van der Waals surface area contributed by atoms with Crippen LogP contribution in [0.15, 0.2) is 36.5 Å². The lowest BCUT2D eigenvalue weighted by molar-refractivity contribution is -0.130. The number of aliphatic hydroxyl groups is 1. The van der Waals surface area contributed by atoms with Crippen LogP contribution in [0.3, 0.4) is 0 Å². The molecule has 3 amide bonds. The lowest BCUT2D eigenvalue weighted by Crippen LogP contribution is -2.58. The fourth-order valence-corrected chi connectivity index (χ4v) is 4.73. The first kappa shape index (κ1) is 23.6. The van der Waals surface area contributed by atoms with E-state index in [-0.39, 0.29) is 18.2 Å². The standard InChI is InChI=1S/C21H27N5O5S/c1-12-10-22-19(23-12)25-17(28)15(27)14(9-13-7-5-4-6-8-13)24-18(29)16-21(2,3)32-11-26(16)20(30)31/h4-8,10,14-16,27H,9,11H2,1-3H3,(H,24,29)(H,30,31)(H2,22,23,25,28)/t14-,15+,16+/m0/s1. The van der Waals surface area contributed by atoms with Gasteiger partial charge in [-0.3, -0.25) is 19.8 Å². The van der Waals surface area contributed by atoms with Gasteiger partial charge in [0.25, 0.3) is 5.91 Å². The molecule has 3 atom stereocenters. The second kappa shape index (κ2) is 9.61. The SMILES string of the molecule is Cc1cnc(NC(=O)[C@H](O)[C@H](Cc2ccccc2)NC(=O)[C@H]2N(C(=O)O)CSC2(C)C)[nH]1. The van der Waals surface area contributed by atoms with Gasteiger partial charge in [0.05, 0.1) is 11.9 Å². The summed E-state index contributed by atoms with van der Waals surface area (Å²) in [4.78, 5) is 45.4. The van der Waals surface area contributed by atoms with Gasteiger partial charge in [0.1, 0.15) is 6.04 Å². The van der Waals surface area contributed by atoms with E-state index in [0.29, 0.717) is 0 Å². The third-order valence-corrected chi connectivity index (χ3v) is 6.63. The first-order valence-electron chi connectivity index (χ1n) is 10.1. The predicted octanol–water partition coefficient (Wildman–Crippen LogP) is 1.58. The van der Waals surface area contributed by atoms with E-state index in [4.69, 9.17) is 0 Å². The van der Waals surface area contributed by atoms with Crippen molar-refractivity contribution >= 4 is 35.6 Å². The molecule has 3 rings (SSSR count). The van der Waals surface area contributed by atoms with E-state index in [2.05, 4.69) is 20.6 Å². The number of benzene rings is 1. The van der Waals surface area contributed by atoms with Crippen molar-refractivity contribution < 1.29 is 24.6 Å². The molecule has 0 aliphatic carbocycles. The van der Waals surface area contributed by atoms with Crippen molar-refractivity contribution in [2.75, 3.05) is 11.2 Å². The largest absolute Gasteiger partial charge is 0.465 e. The molecule has 5 N–H and O–H groups in total. The lowest BCUT2D eigenvalue weighted by Gasteiger charge is -2.31. The number of carbonyl (C=O) groups excluding carboxylic acids is 2. The zero-order chi connectivity index (χ0) is 23.5. The van der Waals surface area contributed by atoms with Crippen LogP contribution >= 0.6 is 11.8 Å². The maximum Gasteiger partial charge on any atom is 0.408 e. The van der Waals surface area contributed by atoms with Crippen molar-refractivity contribution in [2.45, 2.75) is 50.1 Å². The Kier molecular flexibility index (Phi) is 7.09. The second-order valence-corrected chi connectivity index (χ2v) is 9.78. The zero-order valence-corrected chi connectivity index (χ0v) is 18.8. The van der Waals surface area contributed by atoms with Gasteiger partial charge < -0.3 is 20.5 Å². The van der Waals surface area contributed by atoms with Crippen LogP contribution in [-0.4, -0.2) is 71.8 Å². The average molecular weight is 462 g/mol. The summed E-state index contributed by atoms with van der Waals surface area (Å²) in [5.41, 5.74) is 1.53. The van der Waals surface area contributed by atoms with Crippen LogP contribution in [0, 0.1) is 6.92 Å². The molecule has 0 bridgehead atoms. The summed E-state index contributed by atoms with van der Waals surface area (Å²) in [7, 11) is 0. The van der Waals surface area contributed by atoms with Crippen LogP contribution in [0.4, 0.5) is 10.7 Å². The predicted molar refractivity (Wildman–Crippen MR) is 120 cm³/mol. The number of aromatic amines is 1. The van der Waals surface area contributed by atoms with Crippen molar-refractivity contribution in [3.05, 3.63) is 47.8 Å². The molecule has 0 saturated carbocycles. The summed E-state index contributed by atoms with van der Waals surface area (Å²) >= 11 is 1.35. The van der Waals surface area contributed by atoms with Gasteiger partial charge in [0.15, 0.2) is 6.10 Å². The van der Waals surface area contributed by atoms with Gasteiger partial charge in [-0.1, -0.05) is 30.3 Å². The molecular formula is C21H27N5O5S. The normalized spacial score (nSPS) is 19.2. The number of carbonyl (C=O) groups is 3. The molecule has 2 aromatic rings. The number of nitrogens with one attached hydrogen (secondary N) is 3. The minimum Gasteiger partial charge on any atom is -0.465 e. The first-order chi connectivity index (χ1) is 15.1. The number of amides is 3. The Morgan fingerprint density at radius 1 is 1.31 bits per heavy atom. The maximum absolute atomic E-state index is 13.2. The van der Waals surface area contributed by atoms with Gasteiger partial charge in [-0.15, -0.1) is 11.8 Å². The molecule has 2 heterocycles. The molecule has 0 unspecified atom stereocenters. The van der Waals surface area contributed by atoms with E-state index in [0.717, 1.165) is 16.2 Å². The third-order valence-electron chi connectivity index (χ3n) is 5.26.